The van der Waals surface area contributed by atoms with E-state index in [0.717, 1.165) is 12.1 Å². The Balaban J connectivity index is 1.45. The highest BCUT2D eigenvalue weighted by atomic mass is 16.2. The number of carbonyl (C=O) groups excluding carboxylic acids is 2. The molecule has 2 unspecified atom stereocenters. The summed E-state index contributed by atoms with van der Waals surface area (Å²) in [6.45, 7) is 5.53. The first kappa shape index (κ1) is 18.4. The molecule has 3 aliphatic heterocycles. The number of amides is 2. The number of benzene rings is 1. The summed E-state index contributed by atoms with van der Waals surface area (Å²) < 4.78 is 0. The molecule has 3 saturated heterocycles. The maximum atomic E-state index is 13.2. The number of aryl methyl sites for hydroxylation is 1. The van der Waals surface area contributed by atoms with Crippen LogP contribution in [0.2, 0.25) is 0 Å². The van der Waals surface area contributed by atoms with Gasteiger partial charge < -0.3 is 10.2 Å². The van der Waals surface area contributed by atoms with Crippen LogP contribution < -0.4 is 16.2 Å². The van der Waals surface area contributed by atoms with Gasteiger partial charge in [0, 0.05) is 32.7 Å². The van der Waals surface area contributed by atoms with Crippen molar-refractivity contribution in [2.24, 2.45) is 5.92 Å². The second-order valence-corrected chi connectivity index (χ2v) is 8.06. The molecule has 7 nitrogen and oxygen atoms in total. The third-order valence-corrected chi connectivity index (χ3v) is 6.49. The van der Waals surface area contributed by atoms with Crippen molar-refractivity contribution in [3.8, 4) is 0 Å². The monoisotopic (exact) mass is 371 g/mol. The molecule has 0 aromatic heterocycles. The van der Waals surface area contributed by atoms with Crippen molar-refractivity contribution in [3.63, 3.8) is 0 Å². The number of hydrogen-bond acceptors (Lipinski definition) is 5. The summed E-state index contributed by atoms with van der Waals surface area (Å²) >= 11 is 0. The number of hydrogen-bond donors (Lipinski definition) is 3. The van der Waals surface area contributed by atoms with E-state index in [9.17, 15) is 9.59 Å². The zero-order chi connectivity index (χ0) is 19.0. The maximum absolute atomic E-state index is 13.2. The summed E-state index contributed by atoms with van der Waals surface area (Å²) in [5.41, 5.74) is 8.32. The van der Waals surface area contributed by atoms with E-state index in [0.29, 0.717) is 39.0 Å². The van der Waals surface area contributed by atoms with E-state index in [4.69, 9.17) is 0 Å². The summed E-state index contributed by atoms with van der Waals surface area (Å²) in [7, 11) is 2.02. The van der Waals surface area contributed by atoms with Gasteiger partial charge in [0.25, 0.3) is 0 Å². The van der Waals surface area contributed by atoms with Gasteiger partial charge in [-0.3, -0.25) is 19.9 Å². The van der Waals surface area contributed by atoms with Crippen LogP contribution in [0.15, 0.2) is 24.3 Å². The Hall–Kier alpha value is -1.96. The summed E-state index contributed by atoms with van der Waals surface area (Å²) in [6.07, 6.45) is 1.40. The van der Waals surface area contributed by atoms with Gasteiger partial charge in [-0.05, 0) is 32.4 Å². The molecule has 0 saturated carbocycles. The Morgan fingerprint density at radius 2 is 2.00 bits per heavy atom. The van der Waals surface area contributed by atoms with Crippen LogP contribution in [0.4, 0.5) is 0 Å². The van der Waals surface area contributed by atoms with Gasteiger partial charge in [-0.2, -0.15) is 0 Å². The van der Waals surface area contributed by atoms with Gasteiger partial charge in [-0.15, -0.1) is 0 Å². The number of nitrogens with one attached hydrogen (secondary N) is 3. The van der Waals surface area contributed by atoms with Gasteiger partial charge in [0.15, 0.2) is 0 Å². The van der Waals surface area contributed by atoms with Crippen LogP contribution in [0.1, 0.15) is 30.0 Å². The average molecular weight is 371 g/mol. The lowest BCUT2D eigenvalue weighted by Gasteiger charge is -2.48. The molecule has 0 aliphatic carbocycles. The van der Waals surface area contributed by atoms with Crippen LogP contribution in [0.3, 0.4) is 0 Å². The minimum atomic E-state index is -0.447. The third kappa shape index (κ3) is 3.24. The van der Waals surface area contributed by atoms with Gasteiger partial charge >= 0.3 is 0 Å². The fourth-order valence-electron chi connectivity index (χ4n) is 4.74. The first-order chi connectivity index (χ1) is 13.0. The Bertz CT molecular complexity index is 729. The van der Waals surface area contributed by atoms with Gasteiger partial charge in [0.1, 0.15) is 5.54 Å². The van der Waals surface area contributed by atoms with Crippen LogP contribution >= 0.6 is 0 Å². The SMILES string of the molecule is Cc1cccc(C2NNCC2C(=O)N2CCC3(CC2)C(=O)NCCN3C)c1. The highest BCUT2D eigenvalue weighted by molar-refractivity contribution is 5.88. The van der Waals surface area contributed by atoms with Crippen molar-refractivity contribution in [2.75, 3.05) is 39.8 Å². The fourth-order valence-corrected chi connectivity index (χ4v) is 4.74. The van der Waals surface area contributed by atoms with Crippen molar-refractivity contribution in [1.29, 1.82) is 0 Å². The lowest BCUT2D eigenvalue weighted by atomic mass is 9.83. The first-order valence-corrected chi connectivity index (χ1v) is 9.84. The van der Waals surface area contributed by atoms with Gasteiger partial charge in [0.2, 0.25) is 11.8 Å². The fraction of sp³-hybridized carbons (Fsp3) is 0.600. The van der Waals surface area contributed by atoms with Crippen molar-refractivity contribution < 1.29 is 9.59 Å². The van der Waals surface area contributed by atoms with Gasteiger partial charge in [-0.1, -0.05) is 29.8 Å². The first-order valence-electron chi connectivity index (χ1n) is 9.84. The second-order valence-electron chi connectivity index (χ2n) is 8.06. The number of hydrazine groups is 1. The van der Waals surface area contributed by atoms with Crippen LogP contribution in [-0.2, 0) is 9.59 Å². The molecule has 1 aromatic carbocycles. The number of carbonyl (C=O) groups is 2. The largest absolute Gasteiger partial charge is 0.353 e. The molecule has 3 fully saturated rings. The second kappa shape index (κ2) is 7.22. The number of likely N-dealkylation sites (N-methyl/N-ethyl adjacent to an activating group) is 1. The number of likely N-dealkylation sites (tertiary alicyclic amines) is 1. The number of nitrogens with zero attached hydrogens (tertiary/aromatic N) is 2. The summed E-state index contributed by atoms with van der Waals surface area (Å²) in [6, 6.07) is 8.29. The molecule has 1 aromatic rings. The topological polar surface area (TPSA) is 76.7 Å². The molecular formula is C20H29N5O2. The van der Waals surface area contributed by atoms with Crippen molar-refractivity contribution in [3.05, 3.63) is 35.4 Å². The average Bonchev–Trinajstić information content (AvgIpc) is 3.16. The molecule has 3 aliphatic rings. The molecule has 2 amide bonds. The predicted molar refractivity (Wildman–Crippen MR) is 103 cm³/mol. The van der Waals surface area contributed by atoms with E-state index >= 15 is 0 Å². The van der Waals surface area contributed by atoms with E-state index in [1.54, 1.807) is 0 Å². The van der Waals surface area contributed by atoms with Gasteiger partial charge in [0.05, 0.1) is 12.0 Å². The minimum Gasteiger partial charge on any atom is -0.353 e. The standard InChI is InChI=1S/C20H29N5O2/c1-14-4-3-5-15(12-14)17-16(13-22-23-17)18(26)25-9-6-20(7-10-25)19(27)21-8-11-24(20)2/h3-5,12,16-17,22-23H,6-11,13H2,1-2H3,(H,21,27). The number of rotatable bonds is 2. The minimum absolute atomic E-state index is 0.0195. The Morgan fingerprint density at radius 3 is 2.70 bits per heavy atom. The lowest BCUT2D eigenvalue weighted by molar-refractivity contribution is -0.146. The summed E-state index contributed by atoms with van der Waals surface area (Å²) in [5, 5.41) is 3.00. The van der Waals surface area contributed by atoms with Crippen molar-refractivity contribution in [2.45, 2.75) is 31.3 Å². The molecule has 3 N–H and O–H groups in total. The Kier molecular flexibility index (Phi) is 4.92. The van der Waals surface area contributed by atoms with Crippen LogP contribution in [0.25, 0.3) is 0 Å². The molecule has 2 atom stereocenters. The maximum Gasteiger partial charge on any atom is 0.240 e. The van der Waals surface area contributed by atoms with Crippen molar-refractivity contribution in [1.82, 2.24) is 26.0 Å². The zero-order valence-electron chi connectivity index (χ0n) is 16.1. The molecule has 3 heterocycles. The summed E-state index contributed by atoms with van der Waals surface area (Å²) in [5.74, 6) is 0.164. The normalized spacial score (nSPS) is 28.4. The molecule has 7 heteroatoms. The lowest BCUT2D eigenvalue weighted by Crippen LogP contribution is -2.67. The number of piperidine rings is 1. The highest BCUT2D eigenvalue weighted by Crippen LogP contribution is 2.33. The smallest absolute Gasteiger partial charge is 0.240 e. The molecule has 0 bridgehead atoms. The molecule has 1 spiro atoms. The van der Waals surface area contributed by atoms with E-state index in [-0.39, 0.29) is 23.8 Å². The quantitative estimate of drug-likeness (QED) is 0.692. The molecule has 0 radical (unpaired) electrons. The summed E-state index contributed by atoms with van der Waals surface area (Å²) in [4.78, 5) is 29.9. The number of piperazine rings is 1. The van der Waals surface area contributed by atoms with E-state index in [2.05, 4.69) is 46.2 Å². The Labute approximate surface area is 160 Å². The van der Waals surface area contributed by atoms with Gasteiger partial charge in [-0.25, -0.2) is 5.43 Å². The van der Waals surface area contributed by atoms with Crippen LogP contribution in [0.5, 0.6) is 0 Å². The zero-order valence-corrected chi connectivity index (χ0v) is 16.1. The molecular weight excluding hydrogens is 342 g/mol. The van der Waals surface area contributed by atoms with Crippen LogP contribution in [0, 0.1) is 12.8 Å². The van der Waals surface area contributed by atoms with Crippen LogP contribution in [-0.4, -0.2) is 66.9 Å². The van der Waals surface area contributed by atoms with E-state index in [1.165, 1.54) is 5.56 Å². The van der Waals surface area contributed by atoms with E-state index < -0.39 is 5.54 Å². The highest BCUT2D eigenvalue weighted by Gasteiger charge is 2.48. The molecule has 27 heavy (non-hydrogen) atoms. The van der Waals surface area contributed by atoms with Crippen molar-refractivity contribution >= 4 is 11.8 Å². The Morgan fingerprint density at radius 1 is 1.22 bits per heavy atom. The third-order valence-electron chi connectivity index (χ3n) is 6.49. The van der Waals surface area contributed by atoms with E-state index in [1.807, 2.05) is 18.0 Å². The predicted octanol–water partition coefficient (Wildman–Crippen LogP) is 0.183. The molecule has 4 rings (SSSR count). The molecule has 146 valence electrons.